The Morgan fingerprint density at radius 3 is 2.28 bits per heavy atom. The predicted octanol–water partition coefficient (Wildman–Crippen LogP) is 4.74. The van der Waals surface area contributed by atoms with Crippen molar-refractivity contribution >= 4 is 39.2 Å². The molecule has 0 saturated carbocycles. The summed E-state index contributed by atoms with van der Waals surface area (Å²) in [4.78, 5) is 31.8. The topological polar surface area (TPSA) is 118 Å². The number of amides is 1. The van der Waals surface area contributed by atoms with Crippen LogP contribution in [-0.2, 0) is 19.4 Å². The summed E-state index contributed by atoms with van der Waals surface area (Å²) in [6, 6.07) is 22.0. The van der Waals surface area contributed by atoms with Crippen LogP contribution in [0.5, 0.6) is 0 Å². The monoisotopic (exact) mass is 521 g/mol. The maximum absolute atomic E-state index is 13.4. The summed E-state index contributed by atoms with van der Waals surface area (Å²) in [7, 11) is -2.62. The third-order valence-electron chi connectivity index (χ3n) is 5.22. The van der Waals surface area contributed by atoms with E-state index < -0.39 is 15.8 Å². The van der Waals surface area contributed by atoms with E-state index in [-0.39, 0.29) is 26.6 Å². The molecule has 0 aliphatic heterocycles. The first-order valence-corrected chi connectivity index (χ1v) is 13.3. The molecule has 8 nitrogen and oxygen atoms in total. The largest absolute Gasteiger partial charge is 0.465 e. The summed E-state index contributed by atoms with van der Waals surface area (Å²) >= 11 is 1.02. The van der Waals surface area contributed by atoms with E-state index >= 15 is 0 Å². The molecular weight excluding hydrogens is 498 g/mol. The first-order chi connectivity index (χ1) is 17.3. The normalized spacial score (nSPS) is 11.2. The van der Waals surface area contributed by atoms with Gasteiger partial charge in [-0.2, -0.15) is 0 Å². The second kappa shape index (κ2) is 10.8. The van der Waals surface area contributed by atoms with Crippen molar-refractivity contribution in [1.82, 2.24) is 9.97 Å². The van der Waals surface area contributed by atoms with Crippen molar-refractivity contribution in [3.05, 3.63) is 90.0 Å². The van der Waals surface area contributed by atoms with E-state index in [2.05, 4.69) is 20.0 Å². The number of nitrogens with zero attached hydrogens (tertiary/aromatic N) is 1. The summed E-state index contributed by atoms with van der Waals surface area (Å²) in [5.74, 6) is -0.510. The molecule has 184 valence electrons. The van der Waals surface area contributed by atoms with Crippen LogP contribution in [-0.4, -0.2) is 43.1 Å². The third-order valence-corrected chi connectivity index (χ3v) is 8.05. The minimum absolute atomic E-state index is 0.0644. The summed E-state index contributed by atoms with van der Waals surface area (Å²) in [5.41, 5.74) is 2.52. The Bertz CT molecular complexity index is 1480. The van der Waals surface area contributed by atoms with Crippen molar-refractivity contribution in [1.29, 1.82) is 0 Å². The van der Waals surface area contributed by atoms with Gasteiger partial charge in [-0.25, -0.2) is 18.2 Å². The molecule has 1 heterocycles. The Morgan fingerprint density at radius 2 is 1.64 bits per heavy atom. The number of ether oxygens (including phenoxy) is 1. The van der Waals surface area contributed by atoms with Gasteiger partial charge in [-0.1, -0.05) is 59.8 Å². The number of aryl methyl sites for hydroxylation is 1. The number of anilines is 1. The van der Waals surface area contributed by atoms with Crippen molar-refractivity contribution in [2.75, 3.05) is 18.2 Å². The van der Waals surface area contributed by atoms with Crippen molar-refractivity contribution in [2.24, 2.45) is 0 Å². The molecule has 0 radical (unpaired) electrons. The lowest BCUT2D eigenvalue weighted by Gasteiger charge is -2.07. The number of carbonyl (C=O) groups is 2. The van der Waals surface area contributed by atoms with E-state index in [4.69, 9.17) is 0 Å². The van der Waals surface area contributed by atoms with Crippen LogP contribution in [0.3, 0.4) is 0 Å². The summed E-state index contributed by atoms with van der Waals surface area (Å²) in [5, 5.41) is 2.87. The molecule has 0 bridgehead atoms. The third kappa shape index (κ3) is 5.67. The van der Waals surface area contributed by atoms with E-state index in [1.807, 2.05) is 37.3 Å². The van der Waals surface area contributed by atoms with E-state index in [9.17, 15) is 18.0 Å². The SMILES string of the molecule is COC(=O)c1ccc(NC(=O)CSc2nc(-c3ccccc3)[nH]c2S(=O)(=O)c2ccc(C)cc2)cc1. The first-order valence-electron chi connectivity index (χ1n) is 10.9. The van der Waals surface area contributed by atoms with Crippen LogP contribution >= 0.6 is 11.8 Å². The molecule has 0 spiro atoms. The number of H-pyrrole nitrogens is 1. The number of aromatic nitrogens is 2. The van der Waals surface area contributed by atoms with E-state index in [1.165, 1.54) is 7.11 Å². The number of methoxy groups -OCH3 is 1. The van der Waals surface area contributed by atoms with Gasteiger partial charge >= 0.3 is 5.97 Å². The standard InChI is InChI=1S/C26H23N3O5S2/c1-17-8-14-21(15-9-17)36(32,33)25-24(28-23(29-25)18-6-4-3-5-7-18)35-16-22(30)27-20-12-10-19(11-13-20)26(31)34-2/h3-15H,16H2,1-2H3,(H,27,30)(H,28,29). The van der Waals surface area contributed by atoms with Crippen LogP contribution in [0.25, 0.3) is 11.4 Å². The summed E-state index contributed by atoms with van der Waals surface area (Å²) in [6.45, 7) is 1.88. The van der Waals surface area contributed by atoms with Gasteiger partial charge in [-0.15, -0.1) is 0 Å². The first kappa shape index (κ1) is 25.2. The Balaban J connectivity index is 1.57. The Labute approximate surface area is 213 Å². The van der Waals surface area contributed by atoms with Crippen LogP contribution < -0.4 is 5.32 Å². The molecular formula is C26H23N3O5S2. The Morgan fingerprint density at radius 1 is 0.972 bits per heavy atom. The Hall–Kier alpha value is -3.89. The van der Waals surface area contributed by atoms with Crippen molar-refractivity contribution in [2.45, 2.75) is 21.9 Å². The highest BCUT2D eigenvalue weighted by atomic mass is 32.2. The molecule has 0 fully saturated rings. The van der Waals surface area contributed by atoms with Crippen LogP contribution in [0, 0.1) is 6.92 Å². The van der Waals surface area contributed by atoms with Gasteiger partial charge < -0.3 is 15.0 Å². The molecule has 0 unspecified atom stereocenters. The van der Waals surface area contributed by atoms with E-state index in [0.29, 0.717) is 17.1 Å². The number of benzene rings is 3. The molecule has 0 aliphatic carbocycles. The van der Waals surface area contributed by atoms with Crippen molar-refractivity contribution in [3.8, 4) is 11.4 Å². The molecule has 4 rings (SSSR count). The van der Waals surface area contributed by atoms with E-state index in [0.717, 1.165) is 22.9 Å². The second-order valence-corrected chi connectivity index (χ2v) is 10.7. The highest BCUT2D eigenvalue weighted by Crippen LogP contribution is 2.32. The number of carbonyl (C=O) groups excluding carboxylic acids is 2. The van der Waals surface area contributed by atoms with Gasteiger partial charge in [0, 0.05) is 11.3 Å². The van der Waals surface area contributed by atoms with Gasteiger partial charge in [0.2, 0.25) is 15.7 Å². The number of imidazole rings is 1. The molecule has 36 heavy (non-hydrogen) atoms. The van der Waals surface area contributed by atoms with E-state index in [1.54, 1.807) is 48.5 Å². The number of nitrogens with one attached hydrogen (secondary N) is 2. The molecule has 3 aromatic carbocycles. The number of rotatable bonds is 8. The quantitative estimate of drug-likeness (QED) is 0.254. The summed E-state index contributed by atoms with van der Waals surface area (Å²) in [6.07, 6.45) is 0. The number of aromatic amines is 1. The number of hydrogen-bond donors (Lipinski definition) is 2. The van der Waals surface area contributed by atoms with Crippen LogP contribution in [0.15, 0.2) is 93.8 Å². The van der Waals surface area contributed by atoms with Gasteiger partial charge in [0.25, 0.3) is 0 Å². The number of thioether (sulfide) groups is 1. The maximum Gasteiger partial charge on any atom is 0.337 e. The number of sulfone groups is 1. The average molecular weight is 522 g/mol. The molecule has 4 aromatic rings. The van der Waals surface area contributed by atoms with Crippen LogP contribution in [0.1, 0.15) is 15.9 Å². The van der Waals surface area contributed by atoms with Crippen molar-refractivity contribution in [3.63, 3.8) is 0 Å². The zero-order valence-corrected chi connectivity index (χ0v) is 21.2. The minimum Gasteiger partial charge on any atom is -0.465 e. The molecule has 1 aromatic heterocycles. The Kier molecular flexibility index (Phi) is 7.56. The highest BCUT2D eigenvalue weighted by molar-refractivity contribution is 8.00. The van der Waals surface area contributed by atoms with Crippen LogP contribution in [0.4, 0.5) is 5.69 Å². The fraction of sp³-hybridized carbons (Fsp3) is 0.115. The van der Waals surface area contributed by atoms with Crippen molar-refractivity contribution < 1.29 is 22.7 Å². The predicted molar refractivity (Wildman–Crippen MR) is 138 cm³/mol. The minimum atomic E-state index is -3.91. The zero-order chi connectivity index (χ0) is 25.7. The van der Waals surface area contributed by atoms with Gasteiger partial charge in [-0.3, -0.25) is 4.79 Å². The molecule has 1 amide bonds. The van der Waals surface area contributed by atoms with Gasteiger partial charge in [-0.05, 0) is 43.3 Å². The molecule has 2 N–H and O–H groups in total. The smallest absolute Gasteiger partial charge is 0.337 e. The summed E-state index contributed by atoms with van der Waals surface area (Å²) < 4.78 is 31.5. The molecule has 0 aliphatic rings. The average Bonchev–Trinajstić information content (AvgIpc) is 3.34. The maximum atomic E-state index is 13.4. The molecule has 0 atom stereocenters. The lowest BCUT2D eigenvalue weighted by molar-refractivity contribution is -0.113. The van der Waals surface area contributed by atoms with Gasteiger partial charge in [0.05, 0.1) is 23.3 Å². The zero-order valence-electron chi connectivity index (χ0n) is 19.5. The fourth-order valence-electron chi connectivity index (χ4n) is 3.33. The molecule has 10 heteroatoms. The second-order valence-electron chi connectivity index (χ2n) is 7.81. The van der Waals surface area contributed by atoms with Crippen LogP contribution in [0.2, 0.25) is 0 Å². The molecule has 0 saturated heterocycles. The lowest BCUT2D eigenvalue weighted by Crippen LogP contribution is -2.14. The number of esters is 1. The fourth-order valence-corrected chi connectivity index (χ4v) is 5.75. The number of hydrogen-bond acceptors (Lipinski definition) is 7. The van der Waals surface area contributed by atoms with Gasteiger partial charge in [0.15, 0.2) is 5.03 Å². The van der Waals surface area contributed by atoms with Gasteiger partial charge in [0.1, 0.15) is 10.9 Å². The lowest BCUT2D eigenvalue weighted by atomic mass is 10.2. The highest BCUT2D eigenvalue weighted by Gasteiger charge is 2.27.